The molecule has 13 atom stereocenters. The molecule has 6 aliphatic rings. The number of aliphatic hydroxyl groups excluding tert-OH is 2. The molecule has 0 aromatic carbocycles. The van der Waals surface area contributed by atoms with Gasteiger partial charge in [-0.1, -0.05) is 6.92 Å². The Balaban J connectivity index is 1.18. The summed E-state index contributed by atoms with van der Waals surface area (Å²) in [6, 6.07) is 0. The van der Waals surface area contributed by atoms with E-state index in [-0.39, 0.29) is 41.2 Å². The fourth-order valence-corrected chi connectivity index (χ4v) is 10.00. The second-order valence-electron chi connectivity index (χ2n) is 13.4. The summed E-state index contributed by atoms with van der Waals surface area (Å²) < 4.78 is 22.6. The molecule has 5 fully saturated rings. The third-order valence-corrected chi connectivity index (χ3v) is 12.1. The third-order valence-electron chi connectivity index (χ3n) is 12.1. The summed E-state index contributed by atoms with van der Waals surface area (Å²) >= 11 is 0. The zero-order chi connectivity index (χ0) is 27.7. The Kier molecular flexibility index (Phi) is 7.04. The zero-order valence-electron chi connectivity index (χ0n) is 23.3. The molecule has 0 bridgehead atoms. The molecule has 2 heterocycles. The lowest BCUT2D eigenvalue weighted by Crippen LogP contribution is -2.63. The van der Waals surface area contributed by atoms with Gasteiger partial charge in [0.1, 0.15) is 31.2 Å². The first-order chi connectivity index (χ1) is 18.6. The zero-order valence-corrected chi connectivity index (χ0v) is 23.3. The van der Waals surface area contributed by atoms with Crippen molar-refractivity contribution >= 4 is 12.3 Å². The van der Waals surface area contributed by atoms with E-state index in [0.717, 1.165) is 37.7 Å². The maximum atomic E-state index is 13.0. The van der Waals surface area contributed by atoms with Crippen molar-refractivity contribution in [1.82, 2.24) is 0 Å². The van der Waals surface area contributed by atoms with Gasteiger partial charge < -0.3 is 39.1 Å². The van der Waals surface area contributed by atoms with Crippen LogP contribution in [0.5, 0.6) is 0 Å². The first kappa shape index (κ1) is 27.8. The molecule has 4 saturated carbocycles. The van der Waals surface area contributed by atoms with E-state index in [9.17, 15) is 24.9 Å². The standard InChI is InChI=1S/C30H44O9/c1-16-24(33)26(36-3)25(34)27(38-16)39-19-6-10-29(15-31)18(13-19)4-5-22-21(29)7-9-28(2)20(8-11-30(22,28)35)17-12-23(32)37-14-17/h12,15-16,18-22,24-27,33-35H,4-11,13-14H2,1-3H3/t16-,18+,19-,20-,21?,22?,24-,25-,26+,27-,28+,29+,30-/m1/s1. The Morgan fingerprint density at radius 3 is 2.54 bits per heavy atom. The van der Waals surface area contributed by atoms with E-state index in [0.29, 0.717) is 32.3 Å². The highest BCUT2D eigenvalue weighted by Crippen LogP contribution is 2.69. The fourth-order valence-electron chi connectivity index (χ4n) is 10.00. The molecule has 2 aliphatic heterocycles. The van der Waals surface area contributed by atoms with Crippen molar-refractivity contribution in [3.63, 3.8) is 0 Å². The van der Waals surface area contributed by atoms with Gasteiger partial charge in [0, 0.05) is 24.0 Å². The molecule has 218 valence electrons. The number of fused-ring (bicyclic) bond motifs is 5. The highest BCUT2D eigenvalue weighted by atomic mass is 16.7. The van der Waals surface area contributed by atoms with Gasteiger partial charge in [0.2, 0.25) is 0 Å². The number of ether oxygens (including phenoxy) is 4. The predicted molar refractivity (Wildman–Crippen MR) is 138 cm³/mol. The molecule has 3 N–H and O–H groups in total. The van der Waals surface area contributed by atoms with Crippen molar-refractivity contribution in [2.45, 2.75) is 114 Å². The van der Waals surface area contributed by atoms with Crippen molar-refractivity contribution in [3.05, 3.63) is 11.6 Å². The van der Waals surface area contributed by atoms with Crippen LogP contribution in [0.4, 0.5) is 0 Å². The van der Waals surface area contributed by atoms with E-state index in [1.54, 1.807) is 13.0 Å². The highest BCUT2D eigenvalue weighted by molar-refractivity contribution is 5.85. The molecule has 9 heteroatoms. The van der Waals surface area contributed by atoms with Gasteiger partial charge in [0.25, 0.3) is 0 Å². The van der Waals surface area contributed by atoms with Gasteiger partial charge >= 0.3 is 5.97 Å². The van der Waals surface area contributed by atoms with E-state index >= 15 is 0 Å². The van der Waals surface area contributed by atoms with E-state index in [2.05, 4.69) is 6.92 Å². The summed E-state index contributed by atoms with van der Waals surface area (Å²) in [5.41, 5.74) is -0.682. The lowest BCUT2D eigenvalue weighted by molar-refractivity contribution is -0.312. The summed E-state index contributed by atoms with van der Waals surface area (Å²) in [6.07, 6.45) is 5.39. The monoisotopic (exact) mass is 548 g/mol. The lowest BCUT2D eigenvalue weighted by Gasteiger charge is -2.63. The van der Waals surface area contributed by atoms with Crippen LogP contribution in [-0.4, -0.2) is 83.7 Å². The summed E-state index contributed by atoms with van der Waals surface area (Å²) in [6.45, 7) is 4.25. The number of carbonyl (C=O) groups excluding carboxylic acids is 2. The van der Waals surface area contributed by atoms with Crippen LogP contribution < -0.4 is 0 Å². The van der Waals surface area contributed by atoms with Crippen molar-refractivity contribution in [3.8, 4) is 0 Å². The molecule has 39 heavy (non-hydrogen) atoms. The minimum absolute atomic E-state index is 0.0482. The summed E-state index contributed by atoms with van der Waals surface area (Å²) in [4.78, 5) is 24.8. The quantitative estimate of drug-likeness (QED) is 0.269. The maximum absolute atomic E-state index is 13.0. The van der Waals surface area contributed by atoms with Crippen molar-refractivity contribution in [2.75, 3.05) is 13.7 Å². The molecule has 0 aromatic heterocycles. The number of esters is 1. The topological polar surface area (TPSA) is 132 Å². The number of cyclic esters (lactones) is 1. The van der Waals surface area contributed by atoms with Gasteiger partial charge in [-0.3, -0.25) is 0 Å². The third kappa shape index (κ3) is 4.02. The number of hydrogen-bond donors (Lipinski definition) is 3. The van der Waals surface area contributed by atoms with Crippen LogP contribution in [0.25, 0.3) is 0 Å². The average molecular weight is 549 g/mol. The number of carbonyl (C=O) groups is 2. The second kappa shape index (κ2) is 9.88. The number of aldehydes is 1. The Hall–Kier alpha value is -1.36. The predicted octanol–water partition coefficient (Wildman–Crippen LogP) is 2.29. The number of methoxy groups -OCH3 is 1. The van der Waals surface area contributed by atoms with Gasteiger partial charge in [-0.2, -0.15) is 0 Å². The number of rotatable bonds is 5. The Bertz CT molecular complexity index is 1010. The molecule has 0 spiro atoms. The summed E-state index contributed by atoms with van der Waals surface area (Å²) in [5, 5.41) is 33.4. The van der Waals surface area contributed by atoms with Crippen LogP contribution >= 0.6 is 0 Å². The van der Waals surface area contributed by atoms with Crippen LogP contribution in [-0.2, 0) is 28.5 Å². The molecule has 0 aromatic rings. The molecular formula is C30H44O9. The van der Waals surface area contributed by atoms with Crippen LogP contribution in [0.15, 0.2) is 11.6 Å². The molecule has 2 unspecified atom stereocenters. The average Bonchev–Trinajstić information content (AvgIpc) is 3.47. The van der Waals surface area contributed by atoms with Crippen LogP contribution in [0.3, 0.4) is 0 Å². The van der Waals surface area contributed by atoms with Gasteiger partial charge in [-0.15, -0.1) is 0 Å². The van der Waals surface area contributed by atoms with Crippen LogP contribution in [0.2, 0.25) is 0 Å². The molecule has 0 amide bonds. The number of aliphatic hydroxyl groups is 3. The van der Waals surface area contributed by atoms with Gasteiger partial charge in [-0.05, 0) is 94.0 Å². The second-order valence-corrected chi connectivity index (χ2v) is 13.4. The lowest BCUT2D eigenvalue weighted by atomic mass is 9.43. The molecule has 9 nitrogen and oxygen atoms in total. The normalized spacial score (nSPS) is 53.3. The first-order valence-corrected chi connectivity index (χ1v) is 14.8. The largest absolute Gasteiger partial charge is 0.458 e. The van der Waals surface area contributed by atoms with Gasteiger partial charge in [0.05, 0.1) is 17.8 Å². The highest BCUT2D eigenvalue weighted by Gasteiger charge is 2.68. The molecule has 1 saturated heterocycles. The Labute approximate surface area is 230 Å². The van der Waals surface area contributed by atoms with E-state index in [4.69, 9.17) is 18.9 Å². The van der Waals surface area contributed by atoms with Gasteiger partial charge in [0.15, 0.2) is 6.29 Å². The smallest absolute Gasteiger partial charge is 0.331 e. The molecule has 0 radical (unpaired) electrons. The molecule has 6 rings (SSSR count). The summed E-state index contributed by atoms with van der Waals surface area (Å²) in [5.74, 6) is 0.152. The Morgan fingerprint density at radius 2 is 1.85 bits per heavy atom. The first-order valence-electron chi connectivity index (χ1n) is 14.8. The van der Waals surface area contributed by atoms with Gasteiger partial charge in [-0.25, -0.2) is 4.79 Å². The fraction of sp³-hybridized carbons (Fsp3) is 0.867. The van der Waals surface area contributed by atoms with Crippen LogP contribution in [0.1, 0.15) is 71.6 Å². The minimum Gasteiger partial charge on any atom is -0.458 e. The summed E-state index contributed by atoms with van der Waals surface area (Å²) in [7, 11) is 1.46. The van der Waals surface area contributed by atoms with E-state index < -0.39 is 41.7 Å². The van der Waals surface area contributed by atoms with Crippen molar-refractivity contribution in [1.29, 1.82) is 0 Å². The van der Waals surface area contributed by atoms with Crippen molar-refractivity contribution in [2.24, 2.45) is 34.5 Å². The molecule has 4 aliphatic carbocycles. The van der Waals surface area contributed by atoms with E-state index in [1.807, 2.05) is 0 Å². The van der Waals surface area contributed by atoms with Crippen LogP contribution in [0, 0.1) is 34.5 Å². The number of hydrogen-bond acceptors (Lipinski definition) is 9. The van der Waals surface area contributed by atoms with Crippen molar-refractivity contribution < 1.29 is 43.9 Å². The van der Waals surface area contributed by atoms with E-state index in [1.165, 1.54) is 13.4 Å². The SMILES string of the molecule is CO[C@@H]1[C@@H](O)[C@@H](O[C@@H]2CC[C@@]3(C=O)C4CC[C@@]5(C)[C@@H](C6=CC(=O)OC6)CC[C@@]5(O)C4CC[C@H]3C2)O[C@H](C)[C@H]1O. The Morgan fingerprint density at radius 1 is 1.05 bits per heavy atom. The maximum Gasteiger partial charge on any atom is 0.331 e. The minimum atomic E-state index is -1.11. The molecular weight excluding hydrogens is 504 g/mol.